The molecule has 6 aromatic rings. The van der Waals surface area contributed by atoms with Crippen LogP contribution in [0.4, 0.5) is 0 Å². The third-order valence-electron chi connectivity index (χ3n) is 9.52. The monoisotopic (exact) mass is 574 g/mol. The highest BCUT2D eigenvalue weighted by atomic mass is 16.7. The minimum atomic E-state index is -0.809. The van der Waals surface area contributed by atoms with Gasteiger partial charge in [0.25, 0.3) is 0 Å². The van der Waals surface area contributed by atoms with Gasteiger partial charge in [0.1, 0.15) is 0 Å². The Kier molecular flexibility index (Phi) is 5.89. The van der Waals surface area contributed by atoms with E-state index in [-0.39, 0.29) is 0 Å². The maximum atomic E-state index is 6.55. The van der Waals surface area contributed by atoms with Crippen molar-refractivity contribution in [3.63, 3.8) is 0 Å². The number of fused-ring (bicyclic) bond motifs is 4. The average Bonchev–Trinajstić information content (AvgIpc) is 3.47. The first-order chi connectivity index (χ1) is 21.3. The maximum absolute atomic E-state index is 6.55. The predicted octanol–water partition coefficient (Wildman–Crippen LogP) is 6.75. The first-order valence-corrected chi connectivity index (χ1v) is 15.0. The van der Waals surface area contributed by atoms with Gasteiger partial charge in [-0.1, -0.05) is 103 Å². The molecule has 6 nitrogen and oxygen atoms in total. The molecule has 1 saturated heterocycles. The summed E-state index contributed by atoms with van der Waals surface area (Å²) < 4.78 is 13.1. The van der Waals surface area contributed by atoms with Crippen LogP contribution in [0.1, 0.15) is 50.1 Å². The Labute approximate surface area is 257 Å². The normalized spacial score (nSPS) is 19.6. The lowest BCUT2D eigenvalue weighted by atomic mass is 9.67. The van der Waals surface area contributed by atoms with Crippen LogP contribution in [0.2, 0.25) is 0 Å². The topological polar surface area (TPSA) is 70.0 Å². The molecule has 8 rings (SSSR count). The van der Waals surface area contributed by atoms with E-state index in [0.29, 0.717) is 11.3 Å². The minimum absolute atomic E-state index is 0.459. The second-order valence-corrected chi connectivity index (χ2v) is 12.5. The van der Waals surface area contributed by atoms with Crippen molar-refractivity contribution in [3.05, 3.63) is 138 Å². The highest BCUT2D eigenvalue weighted by Gasteiger charge is 2.53. The van der Waals surface area contributed by atoms with E-state index >= 15 is 0 Å². The highest BCUT2D eigenvalue weighted by molar-refractivity contribution is 6.62. The van der Waals surface area contributed by atoms with E-state index < -0.39 is 23.7 Å². The molecule has 0 amide bonds. The zero-order valence-electron chi connectivity index (χ0n) is 25.2. The Balaban J connectivity index is 1.49. The summed E-state index contributed by atoms with van der Waals surface area (Å²) in [7, 11) is -0.510. The lowest BCUT2D eigenvalue weighted by molar-refractivity contribution is 0.00578. The van der Waals surface area contributed by atoms with Gasteiger partial charge in [-0.05, 0) is 61.0 Å². The molecule has 1 fully saturated rings. The Morgan fingerprint density at radius 3 is 1.89 bits per heavy atom. The van der Waals surface area contributed by atoms with Gasteiger partial charge in [-0.25, -0.2) is 19.9 Å². The standard InChI is InChI=1S/C37H31BN4O2/c1-35(2)36(3,4)44-38(43-35)26-19-20-28-27-17-11-12-18-29(27)37(30(28)23-26,25-15-9-6-10-16-25)32-31(24-13-7-5-8-14-24)41-33-34(42-32)40-22-21-39-33/h5-23H,1-4H3. The van der Waals surface area contributed by atoms with Crippen LogP contribution in [-0.2, 0) is 14.7 Å². The SMILES string of the molecule is CC1(C)OB(c2ccc3c(c2)C(c2ccccc2)(c2nc4nccnc4nc2-c2ccccc2)c2ccccc2-3)OC1(C)C. The molecule has 7 heteroatoms. The molecule has 214 valence electrons. The molecule has 0 spiro atoms. The average molecular weight is 574 g/mol. The fourth-order valence-corrected chi connectivity index (χ4v) is 6.67. The molecule has 0 bridgehead atoms. The third kappa shape index (κ3) is 3.83. The van der Waals surface area contributed by atoms with Gasteiger partial charge in [-0.3, -0.25) is 0 Å². The molecule has 2 aliphatic rings. The van der Waals surface area contributed by atoms with Crippen LogP contribution in [0.25, 0.3) is 33.7 Å². The Morgan fingerprint density at radius 2 is 1.18 bits per heavy atom. The van der Waals surface area contributed by atoms with Gasteiger partial charge >= 0.3 is 7.12 Å². The first-order valence-electron chi connectivity index (χ1n) is 15.0. The Hall–Kier alpha value is -4.72. The number of hydrogen-bond donors (Lipinski definition) is 0. The summed E-state index contributed by atoms with van der Waals surface area (Å²) >= 11 is 0. The van der Waals surface area contributed by atoms with Crippen molar-refractivity contribution in [1.29, 1.82) is 0 Å². The number of benzene rings is 4. The number of aromatic nitrogens is 4. The van der Waals surface area contributed by atoms with Crippen molar-refractivity contribution in [2.45, 2.75) is 44.3 Å². The fourth-order valence-electron chi connectivity index (χ4n) is 6.67. The fraction of sp³-hybridized carbons (Fsp3) is 0.189. The molecule has 44 heavy (non-hydrogen) atoms. The van der Waals surface area contributed by atoms with E-state index in [1.807, 2.05) is 18.2 Å². The summed E-state index contributed by atoms with van der Waals surface area (Å²) in [6, 6.07) is 36.0. The van der Waals surface area contributed by atoms with Crippen LogP contribution in [-0.4, -0.2) is 38.3 Å². The van der Waals surface area contributed by atoms with Crippen molar-refractivity contribution in [1.82, 2.24) is 19.9 Å². The summed E-state index contributed by atoms with van der Waals surface area (Å²) in [5.41, 5.74) is 8.43. The number of rotatable bonds is 4. The van der Waals surface area contributed by atoms with E-state index in [2.05, 4.69) is 123 Å². The van der Waals surface area contributed by atoms with Crippen LogP contribution in [0.15, 0.2) is 116 Å². The van der Waals surface area contributed by atoms with Gasteiger partial charge in [0.2, 0.25) is 0 Å². The molecule has 1 unspecified atom stereocenters. The Bertz CT molecular complexity index is 2030. The van der Waals surface area contributed by atoms with Gasteiger partial charge in [-0.2, -0.15) is 0 Å². The lowest BCUT2D eigenvalue weighted by Gasteiger charge is -2.34. The summed E-state index contributed by atoms with van der Waals surface area (Å²) in [6.07, 6.45) is 3.33. The summed E-state index contributed by atoms with van der Waals surface area (Å²) in [5, 5.41) is 0. The van der Waals surface area contributed by atoms with Crippen LogP contribution in [0.5, 0.6) is 0 Å². The molecule has 1 aliphatic heterocycles. The molecule has 0 N–H and O–H groups in total. The smallest absolute Gasteiger partial charge is 0.399 e. The largest absolute Gasteiger partial charge is 0.494 e. The Morgan fingerprint density at radius 1 is 0.591 bits per heavy atom. The molecular formula is C37H31BN4O2. The van der Waals surface area contributed by atoms with Crippen molar-refractivity contribution < 1.29 is 9.31 Å². The minimum Gasteiger partial charge on any atom is -0.399 e. The molecule has 1 aliphatic carbocycles. The van der Waals surface area contributed by atoms with Crippen LogP contribution in [0, 0.1) is 0 Å². The first kappa shape index (κ1) is 26.9. The second kappa shape index (κ2) is 9.64. The number of nitrogens with zero attached hydrogens (tertiary/aromatic N) is 4. The van der Waals surface area contributed by atoms with E-state index in [1.165, 1.54) is 0 Å². The zero-order valence-corrected chi connectivity index (χ0v) is 25.2. The van der Waals surface area contributed by atoms with E-state index in [0.717, 1.165) is 50.2 Å². The predicted molar refractivity (Wildman–Crippen MR) is 174 cm³/mol. The molecule has 3 heterocycles. The lowest BCUT2D eigenvalue weighted by Crippen LogP contribution is -2.41. The summed E-state index contributed by atoms with van der Waals surface area (Å²) in [4.78, 5) is 19.7. The maximum Gasteiger partial charge on any atom is 0.494 e. The van der Waals surface area contributed by atoms with Gasteiger partial charge in [-0.15, -0.1) is 0 Å². The van der Waals surface area contributed by atoms with E-state index in [9.17, 15) is 0 Å². The van der Waals surface area contributed by atoms with Crippen molar-refractivity contribution >= 4 is 23.9 Å². The molecule has 0 saturated carbocycles. The van der Waals surface area contributed by atoms with Crippen LogP contribution < -0.4 is 5.46 Å². The van der Waals surface area contributed by atoms with Crippen molar-refractivity contribution in [2.24, 2.45) is 0 Å². The molecule has 1 atom stereocenters. The van der Waals surface area contributed by atoms with Crippen molar-refractivity contribution in [2.75, 3.05) is 0 Å². The van der Waals surface area contributed by atoms with Crippen LogP contribution >= 0.6 is 0 Å². The quantitative estimate of drug-likeness (QED) is 0.217. The van der Waals surface area contributed by atoms with Gasteiger partial charge in [0, 0.05) is 18.0 Å². The third-order valence-corrected chi connectivity index (χ3v) is 9.52. The molecule has 0 radical (unpaired) electrons. The van der Waals surface area contributed by atoms with E-state index in [1.54, 1.807) is 12.4 Å². The van der Waals surface area contributed by atoms with Crippen molar-refractivity contribution in [3.8, 4) is 22.4 Å². The molecule has 4 aromatic carbocycles. The van der Waals surface area contributed by atoms with Gasteiger partial charge < -0.3 is 9.31 Å². The van der Waals surface area contributed by atoms with Gasteiger partial charge in [0.05, 0.1) is 28.0 Å². The van der Waals surface area contributed by atoms with Crippen LogP contribution in [0.3, 0.4) is 0 Å². The van der Waals surface area contributed by atoms with E-state index in [4.69, 9.17) is 19.3 Å². The molecule has 2 aromatic heterocycles. The molecular weight excluding hydrogens is 543 g/mol. The van der Waals surface area contributed by atoms with Gasteiger partial charge in [0.15, 0.2) is 11.3 Å². The zero-order chi connectivity index (χ0) is 30.1. The number of hydrogen-bond acceptors (Lipinski definition) is 6. The highest BCUT2D eigenvalue weighted by Crippen LogP contribution is 2.57. The summed E-state index contributed by atoms with van der Waals surface area (Å²) in [6.45, 7) is 8.34. The second-order valence-electron chi connectivity index (χ2n) is 12.5. The summed E-state index contributed by atoms with van der Waals surface area (Å²) in [5.74, 6) is 0.